The third kappa shape index (κ3) is 3.11. The Hall–Kier alpha value is -2.44. The Bertz CT molecular complexity index is 1100. The van der Waals surface area contributed by atoms with Gasteiger partial charge in [0.2, 0.25) is 16.7 Å². The summed E-state index contributed by atoms with van der Waals surface area (Å²) in [5.41, 5.74) is -1.62. The normalized spacial score (nSPS) is 21.2. The molecule has 1 unspecified atom stereocenters. The van der Waals surface area contributed by atoms with Crippen LogP contribution >= 0.6 is 11.3 Å². The first-order valence-corrected chi connectivity index (χ1v) is 10.3. The van der Waals surface area contributed by atoms with Crippen molar-refractivity contribution in [3.8, 4) is 0 Å². The topological polar surface area (TPSA) is 90.3 Å². The van der Waals surface area contributed by atoms with Crippen LogP contribution in [0, 0.1) is 6.92 Å². The molecule has 1 N–H and O–H groups in total. The number of carbonyl (C=O) groups is 1. The van der Waals surface area contributed by atoms with Crippen molar-refractivity contribution in [1.82, 2.24) is 0 Å². The van der Waals surface area contributed by atoms with E-state index in [0.29, 0.717) is 16.3 Å². The maximum absolute atomic E-state index is 13.0. The minimum Gasteiger partial charge on any atom is -0.374 e. The third-order valence-corrected chi connectivity index (χ3v) is 6.52. The highest BCUT2D eigenvalue weighted by Gasteiger charge is 2.53. The second-order valence-corrected chi connectivity index (χ2v) is 8.75. The molecule has 0 radical (unpaired) electrons. The number of nitrogens with zero attached hydrogens (tertiary/aromatic N) is 3. The molecule has 0 amide bonds. The van der Waals surface area contributed by atoms with Crippen molar-refractivity contribution in [3.63, 3.8) is 0 Å². The first-order valence-electron chi connectivity index (χ1n) is 8.38. The van der Waals surface area contributed by atoms with Gasteiger partial charge in [-0.2, -0.15) is 4.31 Å². The van der Waals surface area contributed by atoms with Gasteiger partial charge in [0.15, 0.2) is 11.4 Å². The number of thiophene rings is 1. The van der Waals surface area contributed by atoms with Gasteiger partial charge < -0.3 is 10.0 Å². The molecule has 1 aromatic carbocycles. The van der Waals surface area contributed by atoms with Crippen molar-refractivity contribution in [3.05, 3.63) is 40.8 Å². The van der Waals surface area contributed by atoms with E-state index in [2.05, 4.69) is 4.99 Å². The lowest BCUT2D eigenvalue weighted by Gasteiger charge is -2.28. The number of hydrogen-bond acceptors (Lipinski definition) is 7. The second-order valence-electron chi connectivity index (χ2n) is 6.64. The zero-order valence-corrected chi connectivity index (χ0v) is 16.5. The summed E-state index contributed by atoms with van der Waals surface area (Å²) in [4.78, 5) is 19.6. The number of anilines is 2. The fourth-order valence-corrected chi connectivity index (χ4v) is 4.89. The lowest BCUT2D eigenvalue weighted by atomic mass is 9.90. The highest BCUT2D eigenvalue weighted by molar-refractivity contribution is 7.74. The molecule has 2 aliphatic heterocycles. The number of thiol groups is 1. The largest absolute Gasteiger partial charge is 0.498 e. The monoisotopic (exact) mass is 445 g/mol. The van der Waals surface area contributed by atoms with E-state index >= 15 is 0 Å². The fraction of sp³-hybridized carbons (Fsp3) is 0.294. The third-order valence-electron chi connectivity index (χ3n) is 4.80. The summed E-state index contributed by atoms with van der Waals surface area (Å²) in [6.45, 7) is 2.05. The molecule has 2 aromatic rings. The highest BCUT2D eigenvalue weighted by Crippen LogP contribution is 2.43. The number of amidine groups is 1. The molecule has 0 saturated carbocycles. The second kappa shape index (κ2) is 6.54. The quantitative estimate of drug-likeness (QED) is 0.560. The first kappa shape index (κ1) is 19.9. The molecular formula is C17H14F3N3O4S2. The molecule has 12 heteroatoms. The SMILES string of the molecule is Cc1cc2c(s1)N=C1N(c3ccc(N([SH](=O)=O)C(F)(F)F)cc3)CCC1(O)C2=O. The van der Waals surface area contributed by atoms with Crippen molar-refractivity contribution in [2.45, 2.75) is 25.2 Å². The van der Waals surface area contributed by atoms with Crippen LogP contribution in [0.15, 0.2) is 35.3 Å². The molecule has 4 rings (SSSR count). The summed E-state index contributed by atoms with van der Waals surface area (Å²) in [5.74, 6) is -0.334. The van der Waals surface area contributed by atoms with Gasteiger partial charge in [-0.1, -0.05) is 0 Å². The van der Waals surface area contributed by atoms with E-state index in [1.54, 1.807) is 11.0 Å². The molecule has 7 nitrogen and oxygen atoms in total. The first-order chi connectivity index (χ1) is 13.5. The molecule has 0 spiro atoms. The molecule has 29 heavy (non-hydrogen) atoms. The summed E-state index contributed by atoms with van der Waals surface area (Å²) in [6.07, 6.45) is -5.00. The van der Waals surface area contributed by atoms with Gasteiger partial charge >= 0.3 is 6.30 Å². The van der Waals surface area contributed by atoms with Gasteiger partial charge in [-0.15, -0.1) is 24.5 Å². The number of ketones is 1. The van der Waals surface area contributed by atoms with Gasteiger partial charge in [0.25, 0.3) is 0 Å². The van der Waals surface area contributed by atoms with E-state index in [1.165, 1.54) is 23.5 Å². The summed E-state index contributed by atoms with van der Waals surface area (Å²) < 4.78 is 60.3. The molecule has 1 fully saturated rings. The van der Waals surface area contributed by atoms with E-state index in [4.69, 9.17) is 0 Å². The summed E-state index contributed by atoms with van der Waals surface area (Å²) in [6, 6.07) is 6.28. The molecule has 1 saturated heterocycles. The van der Waals surface area contributed by atoms with Crippen LogP contribution < -0.4 is 9.21 Å². The molecule has 1 aromatic heterocycles. The van der Waals surface area contributed by atoms with Crippen molar-refractivity contribution >= 4 is 50.2 Å². The Morgan fingerprint density at radius 3 is 2.52 bits per heavy atom. The van der Waals surface area contributed by atoms with Crippen LogP contribution in [0.2, 0.25) is 0 Å². The van der Waals surface area contributed by atoms with Crippen molar-refractivity contribution in [2.24, 2.45) is 4.99 Å². The van der Waals surface area contributed by atoms with Crippen molar-refractivity contribution < 1.29 is 31.5 Å². The van der Waals surface area contributed by atoms with Crippen LogP contribution in [-0.4, -0.2) is 43.6 Å². The van der Waals surface area contributed by atoms with Crippen LogP contribution in [-0.2, 0) is 10.9 Å². The number of carbonyl (C=O) groups excluding carboxylic acids is 1. The Labute approximate surface area is 168 Å². The standard InChI is InChI=1S/C17H14F3N3O4S2/c1-9-8-12-13(24)16(25)6-7-22(15(16)21-14(12)28-9)10-2-4-11(5-3-10)23(29(26)27)17(18,19)20/h2-5,8,25,29H,6-7H2,1H3. The number of aliphatic hydroxyl groups is 1. The van der Waals surface area contributed by atoms with Crippen LogP contribution in [0.4, 0.5) is 29.5 Å². The average Bonchev–Trinajstić information content (AvgIpc) is 3.15. The molecular weight excluding hydrogens is 431 g/mol. The molecule has 0 aliphatic carbocycles. The van der Waals surface area contributed by atoms with Crippen LogP contribution in [0.5, 0.6) is 0 Å². The Morgan fingerprint density at radius 1 is 1.28 bits per heavy atom. The average molecular weight is 445 g/mol. The predicted molar refractivity (Wildman–Crippen MR) is 103 cm³/mol. The Kier molecular flexibility index (Phi) is 4.48. The number of Topliss-reactive ketones (excluding diaryl/α,β-unsaturated/α-hetero) is 1. The molecule has 3 heterocycles. The fourth-order valence-electron chi connectivity index (χ4n) is 3.51. The summed E-state index contributed by atoms with van der Waals surface area (Å²) >= 11 is 1.31. The lowest BCUT2D eigenvalue weighted by molar-refractivity contribution is -0.115. The van der Waals surface area contributed by atoms with Gasteiger partial charge in [0, 0.05) is 23.5 Å². The maximum atomic E-state index is 13.0. The number of aryl methyl sites for hydroxylation is 1. The number of rotatable bonds is 3. The lowest BCUT2D eigenvalue weighted by Crippen LogP contribution is -2.48. The Morgan fingerprint density at radius 2 is 1.93 bits per heavy atom. The minimum atomic E-state index is -5.09. The zero-order valence-electron chi connectivity index (χ0n) is 14.8. The van der Waals surface area contributed by atoms with E-state index < -0.39 is 38.6 Å². The summed E-state index contributed by atoms with van der Waals surface area (Å²) in [5, 5.41) is 11.4. The van der Waals surface area contributed by atoms with Crippen molar-refractivity contribution in [1.29, 1.82) is 0 Å². The van der Waals surface area contributed by atoms with Gasteiger partial charge in [-0.3, -0.25) is 4.79 Å². The van der Waals surface area contributed by atoms with Gasteiger partial charge in [0.05, 0.1) is 11.3 Å². The molecule has 0 bridgehead atoms. The van der Waals surface area contributed by atoms with Crippen molar-refractivity contribution in [2.75, 3.05) is 15.7 Å². The van der Waals surface area contributed by atoms with Gasteiger partial charge in [-0.25, -0.2) is 13.4 Å². The van der Waals surface area contributed by atoms with Crippen LogP contribution in [0.1, 0.15) is 21.7 Å². The predicted octanol–water partition coefficient (Wildman–Crippen LogP) is 2.78. The maximum Gasteiger partial charge on any atom is 0.498 e. The van der Waals surface area contributed by atoms with Crippen LogP contribution in [0.3, 0.4) is 0 Å². The molecule has 1 atom stereocenters. The number of aliphatic imine (C=N–C) groups is 1. The number of benzene rings is 1. The van der Waals surface area contributed by atoms with Gasteiger partial charge in [-0.05, 0) is 37.3 Å². The number of fused-ring (bicyclic) bond motifs is 2. The zero-order chi connectivity index (χ0) is 21.1. The van der Waals surface area contributed by atoms with Gasteiger partial charge in [0.1, 0.15) is 5.00 Å². The molecule has 154 valence electrons. The van der Waals surface area contributed by atoms with E-state index in [9.17, 15) is 31.5 Å². The Balaban J connectivity index is 1.72. The smallest absolute Gasteiger partial charge is 0.374 e. The van der Waals surface area contributed by atoms with E-state index in [0.717, 1.165) is 17.0 Å². The van der Waals surface area contributed by atoms with Crippen LogP contribution in [0.25, 0.3) is 0 Å². The van der Waals surface area contributed by atoms with E-state index in [-0.39, 0.29) is 18.8 Å². The highest BCUT2D eigenvalue weighted by atomic mass is 32.2. The number of alkyl halides is 3. The minimum absolute atomic E-state index is 0.0852. The van der Waals surface area contributed by atoms with E-state index in [1.807, 2.05) is 6.92 Å². The molecule has 2 aliphatic rings. The number of halogens is 3. The summed E-state index contributed by atoms with van der Waals surface area (Å²) in [7, 11) is -3.91. The number of hydrogen-bond donors (Lipinski definition) is 2.